The van der Waals surface area contributed by atoms with Crippen LogP contribution in [-0.2, 0) is 0 Å². The van der Waals surface area contributed by atoms with Crippen LogP contribution in [0, 0.1) is 0 Å². The number of carbonyl (C=O) groups is 1. The van der Waals surface area contributed by atoms with Crippen molar-refractivity contribution in [2.24, 2.45) is 0 Å². The van der Waals surface area contributed by atoms with Gasteiger partial charge < -0.3 is 4.90 Å². The summed E-state index contributed by atoms with van der Waals surface area (Å²) in [6.45, 7) is 4.27. The Morgan fingerprint density at radius 2 is 1.93 bits per heavy atom. The summed E-state index contributed by atoms with van der Waals surface area (Å²) in [6.07, 6.45) is 0.918. The molecule has 0 atom stereocenters. The van der Waals surface area contributed by atoms with Crippen LogP contribution in [0.1, 0.15) is 35.7 Å². The van der Waals surface area contributed by atoms with Gasteiger partial charge in [-0.1, -0.05) is 26.0 Å². The molecular formula is C12H17NO. The molecule has 2 nitrogen and oxygen atoms in total. The number of benzene rings is 1. The molecule has 14 heavy (non-hydrogen) atoms. The van der Waals surface area contributed by atoms with E-state index in [1.165, 1.54) is 5.56 Å². The third-order valence-electron chi connectivity index (χ3n) is 2.29. The summed E-state index contributed by atoms with van der Waals surface area (Å²) < 4.78 is 0. The Hall–Kier alpha value is -1.31. The molecule has 0 heterocycles. The Balaban J connectivity index is 3.35. The first-order chi connectivity index (χ1) is 6.57. The Morgan fingerprint density at radius 1 is 1.29 bits per heavy atom. The molecule has 0 aliphatic heterocycles. The Bertz CT molecular complexity index is 329. The number of aldehydes is 1. The number of hydrogen-bond donors (Lipinski definition) is 0. The van der Waals surface area contributed by atoms with E-state index in [1.807, 2.05) is 31.1 Å². The van der Waals surface area contributed by atoms with Crippen molar-refractivity contribution < 1.29 is 4.79 Å². The molecule has 0 saturated heterocycles. The summed E-state index contributed by atoms with van der Waals surface area (Å²) in [4.78, 5) is 12.9. The zero-order valence-electron chi connectivity index (χ0n) is 9.24. The highest BCUT2D eigenvalue weighted by Crippen LogP contribution is 2.28. The maximum Gasteiger partial charge on any atom is 0.152 e. The monoisotopic (exact) mass is 191 g/mol. The summed E-state index contributed by atoms with van der Waals surface area (Å²) in [5, 5.41) is 0. The minimum atomic E-state index is 0.437. The molecule has 0 aliphatic rings. The highest BCUT2D eigenvalue weighted by atomic mass is 16.1. The first-order valence-electron chi connectivity index (χ1n) is 4.83. The normalized spacial score (nSPS) is 10.4. The lowest BCUT2D eigenvalue weighted by molar-refractivity contribution is 0.112. The minimum absolute atomic E-state index is 0.437. The molecule has 0 N–H and O–H groups in total. The van der Waals surface area contributed by atoms with Gasteiger partial charge in [-0.2, -0.15) is 0 Å². The summed E-state index contributed by atoms with van der Waals surface area (Å²) >= 11 is 0. The van der Waals surface area contributed by atoms with Crippen LogP contribution in [0.25, 0.3) is 0 Å². The molecule has 1 aromatic carbocycles. The number of hydrogen-bond acceptors (Lipinski definition) is 2. The first-order valence-corrected chi connectivity index (χ1v) is 4.83. The van der Waals surface area contributed by atoms with E-state index in [2.05, 4.69) is 19.9 Å². The van der Waals surface area contributed by atoms with E-state index in [-0.39, 0.29) is 0 Å². The van der Waals surface area contributed by atoms with Crippen LogP contribution >= 0.6 is 0 Å². The fourth-order valence-corrected chi connectivity index (χ4v) is 1.66. The molecule has 0 bridgehead atoms. The van der Waals surface area contributed by atoms with E-state index in [0.717, 1.165) is 17.5 Å². The van der Waals surface area contributed by atoms with Crippen LogP contribution < -0.4 is 4.90 Å². The van der Waals surface area contributed by atoms with Crippen molar-refractivity contribution in [1.82, 2.24) is 0 Å². The van der Waals surface area contributed by atoms with Gasteiger partial charge in [0.05, 0.1) is 5.69 Å². The molecule has 0 aromatic heterocycles. The van der Waals surface area contributed by atoms with Gasteiger partial charge in [0, 0.05) is 19.7 Å². The van der Waals surface area contributed by atoms with Gasteiger partial charge in [-0.15, -0.1) is 0 Å². The summed E-state index contributed by atoms with van der Waals surface area (Å²) in [5.41, 5.74) is 3.03. The van der Waals surface area contributed by atoms with Gasteiger partial charge in [-0.3, -0.25) is 4.79 Å². The van der Waals surface area contributed by atoms with Crippen LogP contribution in [0.2, 0.25) is 0 Å². The largest absolute Gasteiger partial charge is 0.377 e. The van der Waals surface area contributed by atoms with Crippen LogP contribution in [0.3, 0.4) is 0 Å². The van der Waals surface area contributed by atoms with E-state index >= 15 is 0 Å². The zero-order valence-corrected chi connectivity index (χ0v) is 9.24. The number of rotatable bonds is 3. The quantitative estimate of drug-likeness (QED) is 0.685. The predicted molar refractivity (Wildman–Crippen MR) is 60.2 cm³/mol. The molecule has 0 spiro atoms. The van der Waals surface area contributed by atoms with Crippen molar-refractivity contribution in [3.05, 3.63) is 29.3 Å². The molecule has 1 rings (SSSR count). The van der Waals surface area contributed by atoms with Crippen molar-refractivity contribution >= 4 is 12.0 Å². The van der Waals surface area contributed by atoms with Crippen molar-refractivity contribution in [2.45, 2.75) is 19.8 Å². The predicted octanol–water partition coefficient (Wildman–Crippen LogP) is 2.69. The molecule has 2 heteroatoms. The molecule has 0 aliphatic carbocycles. The van der Waals surface area contributed by atoms with E-state index in [4.69, 9.17) is 0 Å². The maximum absolute atomic E-state index is 10.9. The second kappa shape index (κ2) is 4.27. The first kappa shape index (κ1) is 10.8. The lowest BCUT2D eigenvalue weighted by Gasteiger charge is -2.21. The third-order valence-corrected chi connectivity index (χ3v) is 2.29. The number of para-hydroxylation sites is 1. The van der Waals surface area contributed by atoms with Crippen LogP contribution in [0.5, 0.6) is 0 Å². The van der Waals surface area contributed by atoms with Crippen molar-refractivity contribution in [3.63, 3.8) is 0 Å². The molecule has 0 fully saturated rings. The highest BCUT2D eigenvalue weighted by Gasteiger charge is 2.11. The van der Waals surface area contributed by atoms with Crippen LogP contribution in [-0.4, -0.2) is 20.4 Å². The topological polar surface area (TPSA) is 20.3 Å². The van der Waals surface area contributed by atoms with Crippen LogP contribution in [0.15, 0.2) is 18.2 Å². The molecule has 0 radical (unpaired) electrons. The summed E-state index contributed by atoms with van der Waals surface area (Å²) in [5.74, 6) is 0.437. The van der Waals surface area contributed by atoms with Crippen molar-refractivity contribution in [2.75, 3.05) is 19.0 Å². The van der Waals surface area contributed by atoms with E-state index in [9.17, 15) is 4.79 Å². The summed E-state index contributed by atoms with van der Waals surface area (Å²) in [6, 6.07) is 5.87. The van der Waals surface area contributed by atoms with Gasteiger partial charge in [0.1, 0.15) is 0 Å². The van der Waals surface area contributed by atoms with Gasteiger partial charge in [-0.05, 0) is 17.5 Å². The maximum atomic E-state index is 10.9. The number of anilines is 1. The van der Waals surface area contributed by atoms with E-state index in [1.54, 1.807) is 0 Å². The Labute approximate surface area is 85.5 Å². The van der Waals surface area contributed by atoms with Crippen molar-refractivity contribution in [3.8, 4) is 0 Å². The fraction of sp³-hybridized carbons (Fsp3) is 0.417. The average molecular weight is 191 g/mol. The lowest BCUT2D eigenvalue weighted by atomic mass is 9.97. The molecule has 1 aromatic rings. The summed E-state index contributed by atoms with van der Waals surface area (Å²) in [7, 11) is 3.93. The molecule has 76 valence electrons. The van der Waals surface area contributed by atoms with Gasteiger partial charge in [0.15, 0.2) is 6.29 Å². The van der Waals surface area contributed by atoms with Crippen LogP contribution in [0.4, 0.5) is 5.69 Å². The standard InChI is InChI=1S/C12H17NO/c1-9(2)11-7-5-6-10(8-14)12(11)13(3)4/h5-9H,1-4H3. The number of nitrogens with zero attached hydrogens (tertiary/aromatic N) is 1. The average Bonchev–Trinajstić information content (AvgIpc) is 2.16. The van der Waals surface area contributed by atoms with Gasteiger partial charge in [0.25, 0.3) is 0 Å². The molecule has 0 saturated carbocycles. The lowest BCUT2D eigenvalue weighted by Crippen LogP contribution is -2.14. The molecular weight excluding hydrogens is 174 g/mol. The van der Waals surface area contributed by atoms with Gasteiger partial charge >= 0.3 is 0 Å². The van der Waals surface area contributed by atoms with Crippen molar-refractivity contribution in [1.29, 1.82) is 0 Å². The van der Waals surface area contributed by atoms with E-state index < -0.39 is 0 Å². The minimum Gasteiger partial charge on any atom is -0.377 e. The Morgan fingerprint density at radius 3 is 2.36 bits per heavy atom. The number of carbonyl (C=O) groups excluding carboxylic acids is 1. The SMILES string of the molecule is CC(C)c1cccc(C=O)c1N(C)C. The second-order valence-electron chi connectivity index (χ2n) is 3.95. The molecule has 0 amide bonds. The third kappa shape index (κ3) is 1.95. The Kier molecular flexibility index (Phi) is 3.28. The fourth-order valence-electron chi connectivity index (χ4n) is 1.66. The van der Waals surface area contributed by atoms with Gasteiger partial charge in [-0.25, -0.2) is 0 Å². The zero-order chi connectivity index (χ0) is 10.7. The van der Waals surface area contributed by atoms with E-state index in [0.29, 0.717) is 5.92 Å². The highest BCUT2D eigenvalue weighted by molar-refractivity contribution is 5.86. The smallest absolute Gasteiger partial charge is 0.152 e. The van der Waals surface area contributed by atoms with Gasteiger partial charge in [0.2, 0.25) is 0 Å². The molecule has 0 unspecified atom stereocenters. The second-order valence-corrected chi connectivity index (χ2v) is 3.95.